The zero-order valence-electron chi connectivity index (χ0n) is 18.3. The number of rotatable bonds is 7. The van der Waals surface area contributed by atoms with Crippen molar-refractivity contribution >= 4 is 15.9 Å². The highest BCUT2D eigenvalue weighted by atomic mass is 32.2. The molecule has 8 nitrogen and oxygen atoms in total. The smallest absolute Gasteiger partial charge is 0.266 e. The monoisotopic (exact) mass is 486 g/mol. The van der Waals surface area contributed by atoms with E-state index in [1.165, 1.54) is 12.1 Å². The number of carbonyl (C=O) groups excluding carboxylic acids is 1. The van der Waals surface area contributed by atoms with Crippen LogP contribution in [0.2, 0.25) is 0 Å². The van der Waals surface area contributed by atoms with Gasteiger partial charge in [-0.1, -0.05) is 24.3 Å². The van der Waals surface area contributed by atoms with Gasteiger partial charge in [0.05, 0.1) is 11.5 Å². The average Bonchev–Trinajstić information content (AvgIpc) is 2.85. The Balaban J connectivity index is 1.62. The molecular formula is C24H23FN2O6S. The van der Waals surface area contributed by atoms with Crippen LogP contribution in [0.4, 0.5) is 4.39 Å². The summed E-state index contributed by atoms with van der Waals surface area (Å²) in [6.45, 7) is 2.36. The van der Waals surface area contributed by atoms with Crippen molar-refractivity contribution in [2.75, 3.05) is 13.2 Å². The first kappa shape index (κ1) is 23.7. The summed E-state index contributed by atoms with van der Waals surface area (Å²) in [4.78, 5) is 12.1. The molecule has 1 aliphatic heterocycles. The number of halogens is 1. The summed E-state index contributed by atoms with van der Waals surface area (Å²) < 4.78 is 53.5. The van der Waals surface area contributed by atoms with Crippen LogP contribution in [0.3, 0.4) is 0 Å². The predicted octanol–water partition coefficient (Wildman–Crippen LogP) is 3.81. The first-order valence-corrected chi connectivity index (χ1v) is 12.0. The second kappa shape index (κ2) is 9.80. The lowest BCUT2D eigenvalue weighted by molar-refractivity contribution is -0.133. The van der Waals surface area contributed by atoms with E-state index in [4.69, 9.17) is 9.47 Å². The summed E-state index contributed by atoms with van der Waals surface area (Å²) in [5.74, 6) is -0.939. The van der Waals surface area contributed by atoms with Crippen molar-refractivity contribution in [2.45, 2.75) is 24.3 Å². The number of benzene rings is 3. The Kier molecular flexibility index (Phi) is 6.82. The van der Waals surface area contributed by atoms with Crippen LogP contribution in [0.1, 0.15) is 24.1 Å². The van der Waals surface area contributed by atoms with Gasteiger partial charge in [0.2, 0.25) is 10.0 Å². The molecule has 0 saturated carbocycles. The van der Waals surface area contributed by atoms with Crippen molar-refractivity contribution in [3.63, 3.8) is 0 Å². The molecule has 0 fully saturated rings. The van der Waals surface area contributed by atoms with Crippen molar-refractivity contribution in [1.82, 2.24) is 9.79 Å². The summed E-state index contributed by atoms with van der Waals surface area (Å²) in [5, 5.41) is 9.23. The lowest BCUT2D eigenvalue weighted by Gasteiger charge is -2.34. The quantitative estimate of drug-likeness (QED) is 0.389. The molecular weight excluding hydrogens is 463 g/mol. The van der Waals surface area contributed by atoms with Gasteiger partial charge in [0.25, 0.3) is 5.91 Å². The highest BCUT2D eigenvalue weighted by Crippen LogP contribution is 2.35. The van der Waals surface area contributed by atoms with E-state index in [2.05, 4.69) is 0 Å². The molecule has 0 unspecified atom stereocenters. The minimum atomic E-state index is -4.28. The molecule has 3 aromatic carbocycles. The number of hydroxylamine groups is 1. The number of hydrogen-bond acceptors (Lipinski definition) is 6. The molecule has 34 heavy (non-hydrogen) atoms. The standard InChI is InChI=1S/C24H23FN2O6S/c1-2-32-17-7-9-18(10-8-17)33-22-12-11-19(15-21(22)25)34(30,31)27-14-13-16-5-3-4-6-20(16)23(27)24(28)26-29/h3-12,15,23,29H,2,13-14H2,1H3,(H,26,28)/t23-/m1/s1. The highest BCUT2D eigenvalue weighted by molar-refractivity contribution is 7.89. The first-order chi connectivity index (χ1) is 16.3. The zero-order chi connectivity index (χ0) is 24.3. The number of nitrogens with one attached hydrogen (secondary N) is 1. The summed E-state index contributed by atoms with van der Waals surface area (Å²) in [5.41, 5.74) is 2.80. The molecule has 3 aromatic rings. The number of fused-ring (bicyclic) bond motifs is 1. The van der Waals surface area contributed by atoms with Crippen LogP contribution >= 0.6 is 0 Å². The second-order valence-electron chi connectivity index (χ2n) is 7.54. The third kappa shape index (κ3) is 4.60. The topological polar surface area (TPSA) is 105 Å². The molecule has 0 saturated heterocycles. The Morgan fingerprint density at radius 2 is 1.82 bits per heavy atom. The Bertz CT molecular complexity index is 1300. The molecule has 178 valence electrons. The summed E-state index contributed by atoms with van der Waals surface area (Å²) in [6, 6.07) is 15.5. The number of nitrogens with zero attached hydrogens (tertiary/aromatic N) is 1. The van der Waals surface area contributed by atoms with Crippen molar-refractivity contribution < 1.29 is 32.3 Å². The maximum Gasteiger partial charge on any atom is 0.266 e. The van der Waals surface area contributed by atoms with Gasteiger partial charge in [0.1, 0.15) is 17.5 Å². The van der Waals surface area contributed by atoms with Gasteiger partial charge in [-0.15, -0.1) is 0 Å². The van der Waals surface area contributed by atoms with Gasteiger partial charge in [-0.25, -0.2) is 18.3 Å². The minimum Gasteiger partial charge on any atom is -0.494 e. The van der Waals surface area contributed by atoms with Crippen LogP contribution < -0.4 is 15.0 Å². The number of hydrogen-bond donors (Lipinski definition) is 2. The predicted molar refractivity (Wildman–Crippen MR) is 121 cm³/mol. The van der Waals surface area contributed by atoms with Gasteiger partial charge >= 0.3 is 0 Å². The van der Waals surface area contributed by atoms with Gasteiger partial charge in [-0.2, -0.15) is 4.31 Å². The van der Waals surface area contributed by atoms with E-state index in [1.807, 2.05) is 6.92 Å². The van der Waals surface area contributed by atoms with Gasteiger partial charge in [0, 0.05) is 6.54 Å². The molecule has 10 heteroatoms. The normalized spacial score (nSPS) is 15.9. The summed E-state index contributed by atoms with van der Waals surface area (Å²) in [6.07, 6.45) is 0.367. The Labute approximate surface area is 196 Å². The molecule has 1 aliphatic rings. The molecule has 0 aromatic heterocycles. The first-order valence-electron chi connectivity index (χ1n) is 10.6. The van der Waals surface area contributed by atoms with E-state index >= 15 is 0 Å². The fourth-order valence-corrected chi connectivity index (χ4v) is 5.48. The van der Waals surface area contributed by atoms with Crippen LogP contribution in [0.25, 0.3) is 0 Å². The van der Waals surface area contributed by atoms with Crippen LogP contribution in [0.5, 0.6) is 17.2 Å². The Hall–Kier alpha value is -3.47. The minimum absolute atomic E-state index is 0.0104. The van der Waals surface area contributed by atoms with Gasteiger partial charge in [-0.3, -0.25) is 10.0 Å². The van der Waals surface area contributed by atoms with E-state index in [9.17, 15) is 22.8 Å². The largest absolute Gasteiger partial charge is 0.494 e. The highest BCUT2D eigenvalue weighted by Gasteiger charge is 2.40. The van der Waals surface area contributed by atoms with Crippen molar-refractivity contribution in [1.29, 1.82) is 0 Å². The molecule has 0 aliphatic carbocycles. The lowest BCUT2D eigenvalue weighted by Crippen LogP contribution is -2.46. The fraction of sp³-hybridized carbons (Fsp3) is 0.208. The van der Waals surface area contributed by atoms with Crippen molar-refractivity contribution in [3.05, 3.63) is 83.7 Å². The van der Waals surface area contributed by atoms with Gasteiger partial charge in [-0.05, 0) is 66.9 Å². The fourth-order valence-electron chi connectivity index (χ4n) is 3.89. The van der Waals surface area contributed by atoms with Crippen molar-refractivity contribution in [3.8, 4) is 17.2 Å². The number of amides is 1. The second-order valence-corrected chi connectivity index (χ2v) is 9.43. The SMILES string of the molecule is CCOc1ccc(Oc2ccc(S(=O)(=O)N3CCc4ccccc4[C@@H]3C(=O)NO)cc2F)cc1. The molecule has 2 N–H and O–H groups in total. The van der Waals surface area contributed by atoms with E-state index in [1.54, 1.807) is 54.0 Å². The van der Waals surface area contributed by atoms with E-state index in [-0.39, 0.29) is 17.2 Å². The third-order valence-electron chi connectivity index (χ3n) is 5.47. The summed E-state index contributed by atoms with van der Waals surface area (Å²) in [7, 11) is -4.28. The van der Waals surface area contributed by atoms with Crippen molar-refractivity contribution in [2.24, 2.45) is 0 Å². The molecule has 0 bridgehead atoms. The maximum atomic E-state index is 14.8. The number of sulfonamides is 1. The molecule has 1 amide bonds. The Morgan fingerprint density at radius 1 is 1.12 bits per heavy atom. The summed E-state index contributed by atoms with van der Waals surface area (Å²) >= 11 is 0. The molecule has 0 radical (unpaired) electrons. The van der Waals surface area contributed by atoms with E-state index in [0.717, 1.165) is 15.9 Å². The third-order valence-corrected chi connectivity index (χ3v) is 7.33. The molecule has 1 heterocycles. The lowest BCUT2D eigenvalue weighted by atomic mass is 9.94. The van der Waals surface area contributed by atoms with Crippen LogP contribution in [-0.4, -0.2) is 37.0 Å². The van der Waals surface area contributed by atoms with Gasteiger partial charge in [0.15, 0.2) is 11.6 Å². The number of carbonyl (C=O) groups is 1. The van der Waals surface area contributed by atoms with Crippen LogP contribution in [-0.2, 0) is 21.2 Å². The molecule has 1 atom stereocenters. The molecule has 0 spiro atoms. The van der Waals surface area contributed by atoms with Gasteiger partial charge < -0.3 is 9.47 Å². The van der Waals surface area contributed by atoms with E-state index in [0.29, 0.717) is 30.1 Å². The maximum absolute atomic E-state index is 14.8. The zero-order valence-corrected chi connectivity index (χ0v) is 19.1. The average molecular weight is 487 g/mol. The van der Waals surface area contributed by atoms with E-state index < -0.39 is 27.8 Å². The molecule has 4 rings (SSSR count). The van der Waals surface area contributed by atoms with Crippen LogP contribution in [0, 0.1) is 5.82 Å². The number of ether oxygens (including phenoxy) is 2. The Morgan fingerprint density at radius 3 is 2.50 bits per heavy atom. The van der Waals surface area contributed by atoms with Crippen LogP contribution in [0.15, 0.2) is 71.6 Å².